The first-order valence-corrected chi connectivity index (χ1v) is 7.20. The van der Waals surface area contributed by atoms with E-state index < -0.39 is 12.1 Å². The molecule has 0 aliphatic rings. The van der Waals surface area contributed by atoms with E-state index in [4.69, 9.17) is 15.6 Å². The Hall–Kier alpha value is -1.07. The summed E-state index contributed by atoms with van der Waals surface area (Å²) < 4.78 is 6.44. The fourth-order valence-electron chi connectivity index (χ4n) is 1.68. The van der Waals surface area contributed by atoms with Gasteiger partial charge in [-0.25, -0.2) is 4.79 Å². The normalized spacial score (nSPS) is 13.9. The van der Waals surface area contributed by atoms with Crippen molar-refractivity contribution in [3.05, 3.63) is 28.2 Å². The highest BCUT2D eigenvalue weighted by molar-refractivity contribution is 9.10. The molecule has 0 aromatic heterocycles. The van der Waals surface area contributed by atoms with E-state index in [2.05, 4.69) is 15.9 Å². The third-order valence-electron chi connectivity index (χ3n) is 2.95. The molecular weight excluding hydrogens is 310 g/mol. The molecule has 4 nitrogen and oxygen atoms in total. The number of rotatable bonds is 7. The average Bonchev–Trinajstić information content (AvgIpc) is 2.38. The lowest BCUT2D eigenvalue weighted by Crippen LogP contribution is -2.26. The Kier molecular flexibility index (Phi) is 6.31. The number of carbonyl (C=O) groups is 1. The summed E-state index contributed by atoms with van der Waals surface area (Å²) in [7, 11) is 0. The third-order valence-corrected chi connectivity index (χ3v) is 3.72. The third kappa shape index (κ3) is 4.84. The van der Waals surface area contributed by atoms with Crippen molar-refractivity contribution < 1.29 is 14.6 Å². The van der Waals surface area contributed by atoms with Crippen molar-refractivity contribution in [3.63, 3.8) is 0 Å². The van der Waals surface area contributed by atoms with Gasteiger partial charge in [-0.1, -0.05) is 29.8 Å². The standard InChI is InChI=1S/C14H20BrNO3/c1-3-10(16)7-9-8-11(5-6-12(9)15)19-13(4-2)14(17)18/h5-6,8,10,13H,3-4,7,16H2,1-2H3,(H,17,18). The van der Waals surface area contributed by atoms with Gasteiger partial charge in [0.05, 0.1) is 0 Å². The molecule has 0 saturated carbocycles. The maximum absolute atomic E-state index is 11.0. The van der Waals surface area contributed by atoms with E-state index in [9.17, 15) is 4.79 Å². The van der Waals surface area contributed by atoms with Crippen molar-refractivity contribution in [2.75, 3.05) is 0 Å². The first-order chi connectivity index (χ1) is 8.97. The smallest absolute Gasteiger partial charge is 0.344 e. The molecule has 106 valence electrons. The Morgan fingerprint density at radius 1 is 1.42 bits per heavy atom. The molecule has 0 aliphatic carbocycles. The summed E-state index contributed by atoms with van der Waals surface area (Å²) in [6.45, 7) is 3.82. The lowest BCUT2D eigenvalue weighted by atomic mass is 10.0. The Labute approximate surface area is 122 Å². The molecule has 0 heterocycles. The number of carboxylic acids is 1. The fourth-order valence-corrected chi connectivity index (χ4v) is 2.09. The molecule has 2 atom stereocenters. The van der Waals surface area contributed by atoms with E-state index >= 15 is 0 Å². The van der Waals surface area contributed by atoms with Gasteiger partial charge in [-0.15, -0.1) is 0 Å². The minimum absolute atomic E-state index is 0.0907. The Balaban J connectivity index is 2.86. The minimum atomic E-state index is -0.947. The molecule has 0 saturated heterocycles. The highest BCUT2D eigenvalue weighted by Gasteiger charge is 2.17. The van der Waals surface area contributed by atoms with Crippen LogP contribution < -0.4 is 10.5 Å². The van der Waals surface area contributed by atoms with Crippen molar-refractivity contribution in [1.82, 2.24) is 0 Å². The second-order valence-corrected chi connectivity index (χ2v) is 5.33. The summed E-state index contributed by atoms with van der Waals surface area (Å²) in [5.74, 6) is -0.381. The molecule has 0 amide bonds. The number of hydrogen-bond acceptors (Lipinski definition) is 3. The molecule has 3 N–H and O–H groups in total. The van der Waals surface area contributed by atoms with Crippen LogP contribution in [0.3, 0.4) is 0 Å². The van der Waals surface area contributed by atoms with Crippen molar-refractivity contribution in [2.24, 2.45) is 5.73 Å². The van der Waals surface area contributed by atoms with Crippen LogP contribution in [0.1, 0.15) is 32.3 Å². The van der Waals surface area contributed by atoms with Crippen LogP contribution in [0, 0.1) is 0 Å². The summed E-state index contributed by atoms with van der Waals surface area (Å²) in [5.41, 5.74) is 6.98. The molecule has 1 aromatic carbocycles. The van der Waals surface area contributed by atoms with Crippen LogP contribution in [0.25, 0.3) is 0 Å². The van der Waals surface area contributed by atoms with Gasteiger partial charge >= 0.3 is 5.97 Å². The van der Waals surface area contributed by atoms with Gasteiger partial charge in [-0.05, 0) is 43.0 Å². The van der Waals surface area contributed by atoms with E-state index in [0.29, 0.717) is 12.2 Å². The SMILES string of the molecule is CCC(N)Cc1cc(OC(CC)C(=O)O)ccc1Br. The van der Waals surface area contributed by atoms with E-state index in [0.717, 1.165) is 22.9 Å². The molecule has 0 fully saturated rings. The van der Waals surface area contributed by atoms with Gasteiger partial charge in [0, 0.05) is 10.5 Å². The van der Waals surface area contributed by atoms with Crippen molar-refractivity contribution in [3.8, 4) is 5.75 Å². The highest BCUT2D eigenvalue weighted by atomic mass is 79.9. The van der Waals surface area contributed by atoms with Crippen LogP contribution in [0.15, 0.2) is 22.7 Å². The van der Waals surface area contributed by atoms with Gasteiger partial charge in [0.1, 0.15) is 5.75 Å². The zero-order valence-corrected chi connectivity index (χ0v) is 12.8. The van der Waals surface area contributed by atoms with E-state index in [1.54, 1.807) is 13.0 Å². The zero-order valence-electron chi connectivity index (χ0n) is 11.2. The summed E-state index contributed by atoms with van der Waals surface area (Å²) in [5, 5.41) is 8.99. The van der Waals surface area contributed by atoms with Crippen LogP contribution >= 0.6 is 15.9 Å². The lowest BCUT2D eigenvalue weighted by Gasteiger charge is -2.16. The van der Waals surface area contributed by atoms with Crippen molar-refractivity contribution in [1.29, 1.82) is 0 Å². The van der Waals surface area contributed by atoms with Crippen LogP contribution in [-0.2, 0) is 11.2 Å². The van der Waals surface area contributed by atoms with Gasteiger partial charge in [0.2, 0.25) is 0 Å². The summed E-state index contributed by atoms with van der Waals surface area (Å²) in [6, 6.07) is 5.57. The maximum Gasteiger partial charge on any atom is 0.344 e. The molecule has 1 rings (SSSR count). The van der Waals surface area contributed by atoms with E-state index in [-0.39, 0.29) is 6.04 Å². The second-order valence-electron chi connectivity index (χ2n) is 4.48. The average molecular weight is 330 g/mol. The molecule has 0 bridgehead atoms. The number of benzene rings is 1. The predicted molar refractivity (Wildman–Crippen MR) is 78.5 cm³/mol. The summed E-state index contributed by atoms with van der Waals surface area (Å²) >= 11 is 3.47. The quantitative estimate of drug-likeness (QED) is 0.806. The predicted octanol–water partition coefficient (Wildman–Crippen LogP) is 2.97. The zero-order chi connectivity index (χ0) is 14.4. The number of aliphatic carboxylic acids is 1. The molecular formula is C14H20BrNO3. The highest BCUT2D eigenvalue weighted by Crippen LogP contribution is 2.25. The van der Waals surface area contributed by atoms with Crippen LogP contribution in [0.4, 0.5) is 0 Å². The summed E-state index contributed by atoms with van der Waals surface area (Å²) in [4.78, 5) is 11.0. The molecule has 0 aliphatic heterocycles. The minimum Gasteiger partial charge on any atom is -0.479 e. The monoisotopic (exact) mass is 329 g/mol. The first kappa shape index (κ1) is 16.0. The van der Waals surface area contributed by atoms with Gasteiger partial charge in [0.15, 0.2) is 6.10 Å². The van der Waals surface area contributed by atoms with Crippen LogP contribution in [0.2, 0.25) is 0 Å². The van der Waals surface area contributed by atoms with E-state index in [1.165, 1.54) is 0 Å². The number of halogens is 1. The molecule has 0 radical (unpaired) electrons. The molecule has 2 unspecified atom stereocenters. The van der Waals surface area contributed by atoms with Gasteiger partial charge in [-0.3, -0.25) is 0 Å². The fraction of sp³-hybridized carbons (Fsp3) is 0.500. The van der Waals surface area contributed by atoms with Crippen LogP contribution in [0.5, 0.6) is 5.75 Å². The Morgan fingerprint density at radius 2 is 2.11 bits per heavy atom. The number of hydrogen-bond donors (Lipinski definition) is 2. The van der Waals surface area contributed by atoms with Gasteiger partial charge in [-0.2, -0.15) is 0 Å². The summed E-state index contributed by atoms with van der Waals surface area (Å²) in [6.07, 6.45) is 1.24. The number of ether oxygens (including phenoxy) is 1. The van der Waals surface area contributed by atoms with Gasteiger partial charge < -0.3 is 15.6 Å². The van der Waals surface area contributed by atoms with Crippen LogP contribution in [-0.4, -0.2) is 23.2 Å². The Morgan fingerprint density at radius 3 is 2.63 bits per heavy atom. The van der Waals surface area contributed by atoms with Gasteiger partial charge in [0.25, 0.3) is 0 Å². The van der Waals surface area contributed by atoms with Crippen molar-refractivity contribution >= 4 is 21.9 Å². The first-order valence-electron chi connectivity index (χ1n) is 6.41. The Bertz CT molecular complexity index is 437. The molecule has 5 heteroatoms. The topological polar surface area (TPSA) is 72.5 Å². The lowest BCUT2D eigenvalue weighted by molar-refractivity contribution is -0.145. The number of nitrogens with two attached hydrogens (primary N) is 1. The van der Waals surface area contributed by atoms with Crippen molar-refractivity contribution in [2.45, 2.75) is 45.3 Å². The van der Waals surface area contributed by atoms with E-state index in [1.807, 2.05) is 19.1 Å². The number of carboxylic acid groups (broad SMARTS) is 1. The second kappa shape index (κ2) is 7.50. The molecule has 0 spiro atoms. The molecule has 19 heavy (non-hydrogen) atoms. The maximum atomic E-state index is 11.0. The largest absolute Gasteiger partial charge is 0.479 e. The molecule has 1 aromatic rings.